The molecule has 4 aromatic rings. The third kappa shape index (κ3) is 5.40. The molecule has 0 aliphatic rings. The van der Waals surface area contributed by atoms with Crippen molar-refractivity contribution in [2.45, 2.75) is 16.5 Å². The Morgan fingerprint density at radius 3 is 2.31 bits per heavy atom. The Morgan fingerprint density at radius 1 is 1.03 bits per heavy atom. The Morgan fingerprint density at radius 2 is 1.72 bits per heavy atom. The summed E-state index contributed by atoms with van der Waals surface area (Å²) in [6, 6.07) is 16.5. The molecule has 0 saturated carbocycles. The zero-order chi connectivity index (χ0) is 25.9. The van der Waals surface area contributed by atoms with Crippen LogP contribution in [0.25, 0.3) is 10.6 Å². The molecule has 1 N–H and O–H groups in total. The van der Waals surface area contributed by atoms with Crippen LogP contribution in [0.2, 0.25) is 0 Å². The Kier molecular flexibility index (Phi) is 7.37. The number of alkyl halides is 3. The van der Waals surface area contributed by atoms with Gasteiger partial charge in [0.2, 0.25) is 5.91 Å². The van der Waals surface area contributed by atoms with E-state index in [1.165, 1.54) is 12.1 Å². The van der Waals surface area contributed by atoms with Gasteiger partial charge in [-0.2, -0.15) is 18.4 Å². The zero-order valence-electron chi connectivity index (χ0n) is 18.0. The number of thioether (sulfide) groups is 1. The Balaban J connectivity index is 1.83. The maximum Gasteiger partial charge on any atom is 0.417 e. The number of nitrogens with one attached hydrogen (secondary N) is 1. The average Bonchev–Trinajstić information content (AvgIpc) is 3.39. The summed E-state index contributed by atoms with van der Waals surface area (Å²) in [6.45, 7) is 0. The fraction of sp³-hybridized carbons (Fsp3) is 0.0800. The van der Waals surface area contributed by atoms with Crippen LogP contribution < -0.4 is 5.32 Å². The van der Waals surface area contributed by atoms with E-state index in [0.717, 1.165) is 35.6 Å². The molecule has 182 valence electrons. The molecule has 0 aliphatic heterocycles. The summed E-state index contributed by atoms with van der Waals surface area (Å²) in [7, 11) is 0. The van der Waals surface area contributed by atoms with Gasteiger partial charge in [-0.05, 0) is 35.2 Å². The highest BCUT2D eigenvalue weighted by Gasteiger charge is 2.37. The van der Waals surface area contributed by atoms with E-state index in [2.05, 4.69) is 10.3 Å². The molecule has 4 rings (SSSR count). The van der Waals surface area contributed by atoms with Gasteiger partial charge >= 0.3 is 6.18 Å². The fourth-order valence-corrected chi connectivity index (χ4v) is 5.10. The van der Waals surface area contributed by atoms with Crippen molar-refractivity contribution in [3.05, 3.63) is 100 Å². The van der Waals surface area contributed by atoms with Crippen molar-refractivity contribution in [3.8, 4) is 16.6 Å². The molecule has 11 heteroatoms. The predicted octanol–water partition coefficient (Wildman–Crippen LogP) is 7.45. The van der Waals surface area contributed by atoms with Crippen LogP contribution in [0.1, 0.15) is 21.9 Å². The van der Waals surface area contributed by atoms with Crippen molar-refractivity contribution in [1.29, 1.82) is 5.26 Å². The Labute approximate surface area is 210 Å². The monoisotopic (exact) mass is 531 g/mol. The standard InChI is InChI=1S/C25H14F5N3OS2/c26-17-8-4-9-18(27)21(17)33-23(34)22(14-6-2-1-3-7-14)36-24-15(13-31)16(25(28,29)30)12-19(32-24)20-10-5-11-35-20/h1-12,22H,(H,33,34). The molecule has 0 saturated heterocycles. The number of aromatic nitrogens is 1. The van der Waals surface area contributed by atoms with Crippen LogP contribution in [-0.2, 0) is 11.0 Å². The van der Waals surface area contributed by atoms with Crippen LogP contribution in [0.3, 0.4) is 0 Å². The van der Waals surface area contributed by atoms with E-state index in [9.17, 15) is 32.0 Å². The number of thiophene rings is 1. The lowest BCUT2D eigenvalue weighted by Crippen LogP contribution is -2.21. The minimum Gasteiger partial charge on any atom is -0.320 e. The van der Waals surface area contributed by atoms with Crippen LogP contribution in [0, 0.1) is 23.0 Å². The Hall–Kier alpha value is -3.75. The average molecular weight is 532 g/mol. The molecule has 2 heterocycles. The number of rotatable bonds is 6. The number of amides is 1. The van der Waals surface area contributed by atoms with Crippen molar-refractivity contribution >= 4 is 34.7 Å². The quantitative estimate of drug-likeness (QED) is 0.207. The number of halogens is 5. The van der Waals surface area contributed by atoms with E-state index < -0.39 is 45.8 Å². The van der Waals surface area contributed by atoms with Gasteiger partial charge in [0, 0.05) is 0 Å². The van der Waals surface area contributed by atoms with E-state index >= 15 is 0 Å². The second kappa shape index (κ2) is 10.5. The number of hydrogen-bond donors (Lipinski definition) is 1. The highest BCUT2D eigenvalue weighted by Crippen LogP contribution is 2.43. The summed E-state index contributed by atoms with van der Waals surface area (Å²) < 4.78 is 70.0. The summed E-state index contributed by atoms with van der Waals surface area (Å²) >= 11 is 1.75. The minimum atomic E-state index is -4.86. The van der Waals surface area contributed by atoms with E-state index in [4.69, 9.17) is 0 Å². The van der Waals surface area contributed by atoms with Crippen molar-refractivity contribution < 1.29 is 26.7 Å². The summed E-state index contributed by atoms with van der Waals surface area (Å²) in [5, 5.41) is 11.8. The van der Waals surface area contributed by atoms with Crippen LogP contribution in [-0.4, -0.2) is 10.9 Å². The van der Waals surface area contributed by atoms with E-state index in [1.807, 2.05) is 0 Å². The first-order chi connectivity index (χ1) is 17.2. The van der Waals surface area contributed by atoms with Crippen molar-refractivity contribution in [3.63, 3.8) is 0 Å². The van der Waals surface area contributed by atoms with Gasteiger partial charge in [-0.25, -0.2) is 13.8 Å². The molecule has 0 fully saturated rings. The number of hydrogen-bond acceptors (Lipinski definition) is 5. The highest BCUT2D eigenvalue weighted by molar-refractivity contribution is 8.00. The van der Waals surface area contributed by atoms with E-state index in [0.29, 0.717) is 22.2 Å². The molecule has 0 spiro atoms. The van der Waals surface area contributed by atoms with E-state index in [1.54, 1.807) is 41.8 Å². The highest BCUT2D eigenvalue weighted by atomic mass is 32.2. The largest absolute Gasteiger partial charge is 0.417 e. The summed E-state index contributed by atoms with van der Waals surface area (Å²) in [4.78, 5) is 17.9. The second-order valence-corrected chi connectivity index (χ2v) is 9.36. The lowest BCUT2D eigenvalue weighted by Gasteiger charge is -2.19. The third-order valence-electron chi connectivity index (χ3n) is 4.96. The van der Waals surface area contributed by atoms with Gasteiger partial charge in [0.15, 0.2) is 0 Å². The smallest absolute Gasteiger partial charge is 0.320 e. The molecule has 0 radical (unpaired) electrons. The molecule has 0 aliphatic carbocycles. The maximum atomic E-state index is 14.2. The third-order valence-corrected chi connectivity index (χ3v) is 7.09. The van der Waals surface area contributed by atoms with Crippen LogP contribution in [0.4, 0.5) is 27.6 Å². The maximum absolute atomic E-state index is 14.2. The van der Waals surface area contributed by atoms with Gasteiger partial charge < -0.3 is 5.32 Å². The molecular weight excluding hydrogens is 517 g/mol. The lowest BCUT2D eigenvalue weighted by atomic mass is 10.1. The molecule has 4 nitrogen and oxygen atoms in total. The Bertz CT molecular complexity index is 1410. The molecule has 1 unspecified atom stereocenters. The second-order valence-electron chi connectivity index (χ2n) is 7.32. The number of anilines is 1. The number of carbonyl (C=O) groups excluding carboxylic acids is 1. The summed E-state index contributed by atoms with van der Waals surface area (Å²) in [6.07, 6.45) is -4.86. The van der Waals surface area contributed by atoms with Crippen LogP contribution >= 0.6 is 23.1 Å². The number of benzene rings is 2. The zero-order valence-corrected chi connectivity index (χ0v) is 19.6. The van der Waals surface area contributed by atoms with Gasteiger partial charge in [0.05, 0.1) is 21.7 Å². The van der Waals surface area contributed by atoms with Crippen LogP contribution in [0.15, 0.2) is 77.1 Å². The van der Waals surface area contributed by atoms with E-state index in [-0.39, 0.29) is 10.7 Å². The summed E-state index contributed by atoms with van der Waals surface area (Å²) in [5.41, 5.74) is -2.33. The first-order valence-corrected chi connectivity index (χ1v) is 12.0. The van der Waals surface area contributed by atoms with Gasteiger partial charge in [-0.1, -0.05) is 54.2 Å². The number of pyridine rings is 1. The normalized spacial score (nSPS) is 12.1. The lowest BCUT2D eigenvalue weighted by molar-refractivity contribution is -0.138. The molecule has 36 heavy (non-hydrogen) atoms. The molecule has 1 amide bonds. The van der Waals surface area contributed by atoms with Gasteiger partial charge in [0.25, 0.3) is 0 Å². The van der Waals surface area contributed by atoms with Crippen molar-refractivity contribution in [2.75, 3.05) is 5.32 Å². The van der Waals surface area contributed by atoms with Gasteiger partial charge in [-0.3, -0.25) is 4.79 Å². The van der Waals surface area contributed by atoms with Crippen molar-refractivity contribution in [1.82, 2.24) is 4.98 Å². The predicted molar refractivity (Wildman–Crippen MR) is 127 cm³/mol. The summed E-state index contributed by atoms with van der Waals surface area (Å²) in [5.74, 6) is -2.94. The topological polar surface area (TPSA) is 65.8 Å². The first kappa shape index (κ1) is 25.3. The number of nitrogens with zero attached hydrogens (tertiary/aromatic N) is 2. The van der Waals surface area contributed by atoms with Gasteiger partial charge in [-0.15, -0.1) is 11.3 Å². The fourth-order valence-electron chi connectivity index (χ4n) is 3.31. The van der Waals surface area contributed by atoms with Crippen LogP contribution in [0.5, 0.6) is 0 Å². The molecule has 0 bridgehead atoms. The minimum absolute atomic E-state index is 0.0220. The molecular formula is C25H14F5N3OS2. The SMILES string of the molecule is N#Cc1c(C(F)(F)F)cc(-c2cccs2)nc1SC(C(=O)Nc1c(F)cccc1F)c1ccccc1. The van der Waals surface area contributed by atoms with Gasteiger partial charge in [0.1, 0.15) is 33.7 Å². The number of carbonyl (C=O) groups is 1. The molecule has 2 aromatic heterocycles. The molecule has 1 atom stereocenters. The van der Waals surface area contributed by atoms with Crippen molar-refractivity contribution in [2.24, 2.45) is 0 Å². The first-order valence-electron chi connectivity index (χ1n) is 10.2. The molecule has 2 aromatic carbocycles. The number of para-hydroxylation sites is 1. The number of nitriles is 1.